The minimum atomic E-state index is -0.675. The van der Waals surface area contributed by atoms with Crippen molar-refractivity contribution in [2.75, 3.05) is 7.11 Å². The number of hydrogen-bond donors (Lipinski definition) is 1. The van der Waals surface area contributed by atoms with Crippen LogP contribution in [0.15, 0.2) is 0 Å². The Hall–Kier alpha value is -0.120. The van der Waals surface area contributed by atoms with Crippen molar-refractivity contribution in [1.82, 2.24) is 0 Å². The predicted molar refractivity (Wildman–Crippen MR) is 68.5 cm³/mol. The molecule has 0 aromatic rings. The van der Waals surface area contributed by atoms with E-state index in [4.69, 9.17) is 9.47 Å². The van der Waals surface area contributed by atoms with Gasteiger partial charge in [-0.3, -0.25) is 0 Å². The Morgan fingerprint density at radius 1 is 1.24 bits per heavy atom. The fourth-order valence-corrected chi connectivity index (χ4v) is 2.76. The van der Waals surface area contributed by atoms with Gasteiger partial charge in [-0.1, -0.05) is 33.1 Å². The first-order valence-corrected chi connectivity index (χ1v) is 7.09. The molecule has 102 valence electrons. The van der Waals surface area contributed by atoms with Gasteiger partial charge >= 0.3 is 0 Å². The lowest BCUT2D eigenvalue weighted by Crippen LogP contribution is -2.33. The Morgan fingerprint density at radius 3 is 2.35 bits per heavy atom. The van der Waals surface area contributed by atoms with Gasteiger partial charge in [0, 0.05) is 18.9 Å². The van der Waals surface area contributed by atoms with Crippen molar-refractivity contribution in [1.29, 1.82) is 0 Å². The molecule has 0 amide bonds. The molecule has 0 bridgehead atoms. The van der Waals surface area contributed by atoms with E-state index in [0.717, 1.165) is 32.1 Å². The summed E-state index contributed by atoms with van der Waals surface area (Å²) >= 11 is 0. The Kier molecular flexibility index (Phi) is 7.09. The van der Waals surface area contributed by atoms with E-state index in [-0.39, 0.29) is 12.2 Å². The second-order valence-corrected chi connectivity index (χ2v) is 5.13. The van der Waals surface area contributed by atoms with Crippen LogP contribution in [-0.4, -0.2) is 24.8 Å². The van der Waals surface area contributed by atoms with E-state index >= 15 is 0 Å². The molecule has 0 heterocycles. The second kappa shape index (κ2) is 8.06. The molecule has 0 spiro atoms. The van der Waals surface area contributed by atoms with Gasteiger partial charge in [-0.15, -0.1) is 0 Å². The third kappa shape index (κ3) is 4.57. The SMILES string of the molecule is CCCC(CC)C(O)OC(OC)C1CCCC1. The summed E-state index contributed by atoms with van der Waals surface area (Å²) in [5, 5.41) is 10.1. The smallest absolute Gasteiger partial charge is 0.163 e. The lowest BCUT2D eigenvalue weighted by molar-refractivity contribution is -0.255. The van der Waals surface area contributed by atoms with Crippen molar-refractivity contribution < 1.29 is 14.6 Å². The van der Waals surface area contributed by atoms with Gasteiger partial charge < -0.3 is 14.6 Å². The molecule has 0 aliphatic heterocycles. The zero-order valence-corrected chi connectivity index (χ0v) is 11.5. The molecule has 17 heavy (non-hydrogen) atoms. The molecule has 1 rings (SSSR count). The van der Waals surface area contributed by atoms with Gasteiger partial charge in [0.2, 0.25) is 0 Å². The number of aliphatic hydroxyl groups excluding tert-OH is 1. The monoisotopic (exact) mass is 244 g/mol. The number of ether oxygens (including phenoxy) is 2. The fraction of sp³-hybridized carbons (Fsp3) is 1.00. The van der Waals surface area contributed by atoms with Crippen LogP contribution in [-0.2, 0) is 9.47 Å². The first-order valence-electron chi connectivity index (χ1n) is 7.09. The number of methoxy groups -OCH3 is 1. The van der Waals surface area contributed by atoms with Crippen LogP contribution < -0.4 is 0 Å². The van der Waals surface area contributed by atoms with Crippen LogP contribution in [0.25, 0.3) is 0 Å². The second-order valence-electron chi connectivity index (χ2n) is 5.13. The fourth-order valence-electron chi connectivity index (χ4n) is 2.76. The lowest BCUT2D eigenvalue weighted by atomic mass is 10.00. The standard InChI is InChI=1S/C14H28O3/c1-4-8-11(5-2)13(15)17-14(16-3)12-9-6-7-10-12/h11-15H,4-10H2,1-3H3. The van der Waals surface area contributed by atoms with E-state index < -0.39 is 6.29 Å². The molecule has 1 fully saturated rings. The summed E-state index contributed by atoms with van der Waals surface area (Å²) in [7, 11) is 1.68. The molecule has 0 saturated heterocycles. The van der Waals surface area contributed by atoms with E-state index in [0.29, 0.717) is 5.92 Å². The topological polar surface area (TPSA) is 38.7 Å². The Morgan fingerprint density at radius 2 is 1.88 bits per heavy atom. The molecule has 3 heteroatoms. The summed E-state index contributed by atoms with van der Waals surface area (Å²) in [5.41, 5.74) is 0. The Bertz CT molecular complexity index is 190. The minimum Gasteiger partial charge on any atom is -0.368 e. The molecule has 0 aromatic heterocycles. The van der Waals surface area contributed by atoms with Crippen LogP contribution in [0.4, 0.5) is 0 Å². The first-order chi connectivity index (χ1) is 8.22. The molecule has 1 N–H and O–H groups in total. The molecule has 3 unspecified atom stereocenters. The zero-order chi connectivity index (χ0) is 12.7. The molecule has 3 nitrogen and oxygen atoms in total. The average molecular weight is 244 g/mol. The van der Waals surface area contributed by atoms with Crippen molar-refractivity contribution >= 4 is 0 Å². The van der Waals surface area contributed by atoms with Gasteiger partial charge in [-0.05, 0) is 25.7 Å². The Balaban J connectivity index is 2.42. The number of rotatable bonds is 8. The third-order valence-corrected chi connectivity index (χ3v) is 3.88. The molecule has 0 radical (unpaired) electrons. The van der Waals surface area contributed by atoms with Crippen LogP contribution in [0.5, 0.6) is 0 Å². The normalized spacial score (nSPS) is 22.6. The van der Waals surface area contributed by atoms with Crippen LogP contribution in [0.2, 0.25) is 0 Å². The molecule has 1 aliphatic carbocycles. The summed E-state index contributed by atoms with van der Waals surface area (Å²) in [6.07, 6.45) is 7.00. The first kappa shape index (κ1) is 14.9. The summed E-state index contributed by atoms with van der Waals surface area (Å²) in [5.74, 6) is 0.702. The van der Waals surface area contributed by atoms with Crippen molar-refractivity contribution in [3.8, 4) is 0 Å². The quantitative estimate of drug-likeness (QED) is 0.666. The average Bonchev–Trinajstić information content (AvgIpc) is 2.86. The van der Waals surface area contributed by atoms with E-state index in [1.54, 1.807) is 7.11 Å². The van der Waals surface area contributed by atoms with Gasteiger partial charge in [-0.2, -0.15) is 0 Å². The number of aliphatic hydroxyl groups is 1. The highest BCUT2D eigenvalue weighted by Crippen LogP contribution is 2.31. The van der Waals surface area contributed by atoms with Crippen LogP contribution >= 0.6 is 0 Å². The van der Waals surface area contributed by atoms with Crippen LogP contribution in [0.1, 0.15) is 58.8 Å². The molecule has 1 aliphatic rings. The zero-order valence-electron chi connectivity index (χ0n) is 11.5. The molecular formula is C14H28O3. The van der Waals surface area contributed by atoms with Gasteiger partial charge in [0.1, 0.15) is 0 Å². The lowest BCUT2D eigenvalue weighted by Gasteiger charge is -2.29. The van der Waals surface area contributed by atoms with E-state index in [2.05, 4.69) is 13.8 Å². The maximum absolute atomic E-state index is 10.1. The van der Waals surface area contributed by atoms with Crippen molar-refractivity contribution in [3.63, 3.8) is 0 Å². The summed E-state index contributed by atoms with van der Waals surface area (Å²) < 4.78 is 11.1. The predicted octanol–water partition coefficient (Wildman–Crippen LogP) is 3.31. The molecule has 1 saturated carbocycles. The summed E-state index contributed by atoms with van der Waals surface area (Å²) in [6, 6.07) is 0. The highest BCUT2D eigenvalue weighted by molar-refractivity contribution is 4.71. The highest BCUT2D eigenvalue weighted by Gasteiger charge is 2.29. The summed E-state index contributed by atoms with van der Waals surface area (Å²) in [4.78, 5) is 0. The third-order valence-electron chi connectivity index (χ3n) is 3.88. The van der Waals surface area contributed by atoms with E-state index in [1.165, 1.54) is 12.8 Å². The molecular weight excluding hydrogens is 216 g/mol. The van der Waals surface area contributed by atoms with Crippen molar-refractivity contribution in [2.24, 2.45) is 11.8 Å². The minimum absolute atomic E-state index is 0.224. The maximum Gasteiger partial charge on any atom is 0.163 e. The van der Waals surface area contributed by atoms with Crippen LogP contribution in [0.3, 0.4) is 0 Å². The van der Waals surface area contributed by atoms with Gasteiger partial charge in [0.05, 0.1) is 0 Å². The summed E-state index contributed by atoms with van der Waals surface area (Å²) in [6.45, 7) is 4.24. The molecule has 3 atom stereocenters. The number of hydrogen-bond acceptors (Lipinski definition) is 3. The van der Waals surface area contributed by atoms with Gasteiger partial charge in [-0.25, -0.2) is 0 Å². The van der Waals surface area contributed by atoms with Gasteiger partial charge in [0.25, 0.3) is 0 Å². The van der Waals surface area contributed by atoms with Crippen LogP contribution in [0, 0.1) is 11.8 Å². The van der Waals surface area contributed by atoms with E-state index in [1.807, 2.05) is 0 Å². The highest BCUT2D eigenvalue weighted by atomic mass is 16.7. The largest absolute Gasteiger partial charge is 0.368 e. The van der Waals surface area contributed by atoms with Crippen molar-refractivity contribution in [2.45, 2.75) is 71.4 Å². The molecule has 0 aromatic carbocycles. The maximum atomic E-state index is 10.1. The van der Waals surface area contributed by atoms with Crippen molar-refractivity contribution in [3.05, 3.63) is 0 Å². The van der Waals surface area contributed by atoms with Gasteiger partial charge in [0.15, 0.2) is 12.6 Å². The van der Waals surface area contributed by atoms with E-state index in [9.17, 15) is 5.11 Å². The Labute approximate surface area is 105 Å².